The van der Waals surface area contributed by atoms with Crippen molar-refractivity contribution >= 4 is 17.3 Å². The highest BCUT2D eigenvalue weighted by atomic mass is 32.1. The lowest BCUT2D eigenvalue weighted by Crippen LogP contribution is -2.04. The average Bonchev–Trinajstić information content (AvgIpc) is 2.82. The van der Waals surface area contributed by atoms with Crippen LogP contribution in [-0.2, 0) is 4.74 Å². The predicted octanol–water partition coefficient (Wildman–Crippen LogP) is 3.60. The first-order valence-electron chi connectivity index (χ1n) is 5.82. The van der Waals surface area contributed by atoms with Crippen molar-refractivity contribution in [3.63, 3.8) is 0 Å². The van der Waals surface area contributed by atoms with Gasteiger partial charge in [-0.2, -0.15) is 0 Å². The third kappa shape index (κ3) is 2.43. The van der Waals surface area contributed by atoms with E-state index in [1.54, 1.807) is 12.3 Å². The number of nitrogens with zero attached hydrogens (tertiary/aromatic N) is 1. The number of ether oxygens (including phenoxy) is 1. The van der Waals surface area contributed by atoms with Crippen molar-refractivity contribution in [3.05, 3.63) is 40.4 Å². The van der Waals surface area contributed by atoms with Gasteiger partial charge in [0.2, 0.25) is 0 Å². The van der Waals surface area contributed by atoms with Crippen LogP contribution >= 0.6 is 11.3 Å². The van der Waals surface area contributed by atoms with Crippen LogP contribution in [0.25, 0.3) is 10.6 Å². The van der Waals surface area contributed by atoms with Crippen molar-refractivity contribution in [2.45, 2.75) is 20.8 Å². The van der Waals surface area contributed by atoms with E-state index in [0.29, 0.717) is 12.3 Å². The fourth-order valence-electron chi connectivity index (χ4n) is 1.68. The quantitative estimate of drug-likeness (QED) is 0.792. The minimum absolute atomic E-state index is 0.356. The number of carbonyl (C=O) groups is 1. The van der Waals surface area contributed by atoms with Crippen molar-refractivity contribution in [2.75, 3.05) is 6.61 Å². The molecule has 4 heteroatoms. The summed E-state index contributed by atoms with van der Waals surface area (Å²) in [4.78, 5) is 15.9. The molecule has 0 unspecified atom stereocenters. The first kappa shape index (κ1) is 12.8. The molecule has 0 bridgehead atoms. The van der Waals surface area contributed by atoms with Gasteiger partial charge in [0, 0.05) is 10.9 Å². The molecule has 94 valence electrons. The third-order valence-corrected chi connectivity index (χ3v) is 3.70. The van der Waals surface area contributed by atoms with Gasteiger partial charge in [0.15, 0.2) is 5.69 Å². The Labute approximate surface area is 110 Å². The molecule has 0 fully saturated rings. The highest BCUT2D eigenvalue weighted by Gasteiger charge is 2.14. The summed E-state index contributed by atoms with van der Waals surface area (Å²) >= 11 is 1.47. The number of hydrogen-bond donors (Lipinski definition) is 0. The van der Waals surface area contributed by atoms with Crippen molar-refractivity contribution < 1.29 is 9.53 Å². The van der Waals surface area contributed by atoms with Crippen LogP contribution in [0.1, 0.15) is 28.5 Å². The molecule has 0 aliphatic rings. The molecular formula is C14H15NO2S. The Morgan fingerprint density at radius 1 is 1.39 bits per heavy atom. The summed E-state index contributed by atoms with van der Waals surface area (Å²) in [5.41, 5.74) is 3.89. The van der Waals surface area contributed by atoms with Crippen LogP contribution in [0.2, 0.25) is 0 Å². The van der Waals surface area contributed by atoms with Crippen LogP contribution in [0.3, 0.4) is 0 Å². The van der Waals surface area contributed by atoms with Gasteiger partial charge in [0.1, 0.15) is 5.01 Å². The first-order valence-corrected chi connectivity index (χ1v) is 6.70. The molecule has 1 heterocycles. The number of benzene rings is 1. The van der Waals surface area contributed by atoms with E-state index in [0.717, 1.165) is 10.6 Å². The van der Waals surface area contributed by atoms with Gasteiger partial charge in [-0.3, -0.25) is 0 Å². The summed E-state index contributed by atoms with van der Waals surface area (Å²) in [5, 5.41) is 2.61. The maximum absolute atomic E-state index is 11.6. The second-order valence-corrected chi connectivity index (χ2v) is 4.86. The number of hydrogen-bond acceptors (Lipinski definition) is 4. The lowest BCUT2D eigenvalue weighted by Gasteiger charge is -2.04. The summed E-state index contributed by atoms with van der Waals surface area (Å²) in [7, 11) is 0. The monoisotopic (exact) mass is 261 g/mol. The lowest BCUT2D eigenvalue weighted by molar-refractivity contribution is 0.0520. The fraction of sp³-hybridized carbons (Fsp3) is 0.286. The summed E-state index contributed by atoms with van der Waals surface area (Å²) in [6.07, 6.45) is 0. The first-order chi connectivity index (χ1) is 8.63. The van der Waals surface area contributed by atoms with Gasteiger partial charge in [-0.15, -0.1) is 11.3 Å². The van der Waals surface area contributed by atoms with Crippen LogP contribution in [-0.4, -0.2) is 17.6 Å². The van der Waals surface area contributed by atoms with Gasteiger partial charge in [-0.25, -0.2) is 9.78 Å². The van der Waals surface area contributed by atoms with Crippen molar-refractivity contribution in [1.82, 2.24) is 4.98 Å². The Morgan fingerprint density at radius 3 is 2.89 bits per heavy atom. The largest absolute Gasteiger partial charge is 0.461 e. The van der Waals surface area contributed by atoms with Crippen LogP contribution in [0.15, 0.2) is 23.6 Å². The standard InChI is InChI=1S/C14H15NO2S/c1-4-17-14(16)12-8-18-13(15-12)11-7-5-6-9(2)10(11)3/h5-8H,4H2,1-3H3. The van der Waals surface area contributed by atoms with E-state index in [9.17, 15) is 4.79 Å². The van der Waals surface area contributed by atoms with Crippen molar-refractivity contribution in [3.8, 4) is 10.6 Å². The summed E-state index contributed by atoms with van der Waals surface area (Å²) in [6.45, 7) is 6.29. The van der Waals surface area contributed by atoms with E-state index >= 15 is 0 Å². The summed E-state index contributed by atoms with van der Waals surface area (Å²) in [5.74, 6) is -0.356. The number of aryl methyl sites for hydroxylation is 1. The molecule has 2 rings (SSSR count). The molecule has 3 nitrogen and oxygen atoms in total. The molecule has 1 aromatic heterocycles. The zero-order valence-corrected chi connectivity index (χ0v) is 11.5. The van der Waals surface area contributed by atoms with Crippen LogP contribution in [0.4, 0.5) is 0 Å². The highest BCUT2D eigenvalue weighted by molar-refractivity contribution is 7.13. The SMILES string of the molecule is CCOC(=O)c1csc(-c2cccc(C)c2C)n1. The molecule has 1 aromatic carbocycles. The number of rotatable bonds is 3. The van der Waals surface area contributed by atoms with Gasteiger partial charge >= 0.3 is 5.97 Å². The molecule has 0 saturated heterocycles. The molecule has 0 amide bonds. The van der Waals surface area contributed by atoms with E-state index in [2.05, 4.69) is 24.9 Å². The smallest absolute Gasteiger partial charge is 0.357 e. The molecule has 0 spiro atoms. The van der Waals surface area contributed by atoms with Crippen molar-refractivity contribution in [2.24, 2.45) is 0 Å². The number of carbonyl (C=O) groups excluding carboxylic acids is 1. The Balaban J connectivity index is 2.35. The van der Waals surface area contributed by atoms with Gasteiger partial charge < -0.3 is 4.74 Å². The predicted molar refractivity (Wildman–Crippen MR) is 73.0 cm³/mol. The Bertz CT molecular complexity index is 575. The molecule has 0 atom stereocenters. The minimum atomic E-state index is -0.356. The molecular weight excluding hydrogens is 246 g/mol. The van der Waals surface area contributed by atoms with Crippen molar-refractivity contribution in [1.29, 1.82) is 0 Å². The van der Waals surface area contributed by atoms with Gasteiger partial charge in [0.25, 0.3) is 0 Å². The van der Waals surface area contributed by atoms with Crippen LogP contribution < -0.4 is 0 Å². The summed E-state index contributed by atoms with van der Waals surface area (Å²) in [6, 6.07) is 6.10. The number of thiazole rings is 1. The highest BCUT2D eigenvalue weighted by Crippen LogP contribution is 2.28. The van der Waals surface area contributed by atoms with E-state index < -0.39 is 0 Å². The molecule has 0 N–H and O–H groups in total. The Kier molecular flexibility index (Phi) is 3.77. The van der Waals surface area contributed by atoms with Crippen LogP contribution in [0, 0.1) is 13.8 Å². The molecule has 2 aromatic rings. The minimum Gasteiger partial charge on any atom is -0.461 e. The Morgan fingerprint density at radius 2 is 2.17 bits per heavy atom. The fourth-order valence-corrected chi connectivity index (χ4v) is 2.55. The number of esters is 1. The van der Waals surface area contributed by atoms with E-state index in [-0.39, 0.29) is 5.97 Å². The molecule has 0 saturated carbocycles. The second kappa shape index (κ2) is 5.31. The van der Waals surface area contributed by atoms with E-state index in [1.807, 2.05) is 12.1 Å². The molecule has 0 aliphatic heterocycles. The number of aromatic nitrogens is 1. The maximum atomic E-state index is 11.6. The topological polar surface area (TPSA) is 39.2 Å². The van der Waals surface area contributed by atoms with E-state index in [1.165, 1.54) is 22.5 Å². The average molecular weight is 261 g/mol. The van der Waals surface area contributed by atoms with Gasteiger partial charge in [-0.1, -0.05) is 18.2 Å². The molecule has 18 heavy (non-hydrogen) atoms. The summed E-state index contributed by atoms with van der Waals surface area (Å²) < 4.78 is 4.94. The van der Waals surface area contributed by atoms with Gasteiger partial charge in [0.05, 0.1) is 6.61 Å². The lowest BCUT2D eigenvalue weighted by atomic mass is 10.0. The van der Waals surface area contributed by atoms with Gasteiger partial charge in [-0.05, 0) is 31.9 Å². The Hall–Kier alpha value is -1.68. The zero-order chi connectivity index (χ0) is 13.1. The molecule has 0 aliphatic carbocycles. The van der Waals surface area contributed by atoms with E-state index in [4.69, 9.17) is 4.74 Å². The normalized spacial score (nSPS) is 10.4. The second-order valence-electron chi connectivity index (χ2n) is 4.01. The van der Waals surface area contributed by atoms with Crippen LogP contribution in [0.5, 0.6) is 0 Å². The zero-order valence-electron chi connectivity index (χ0n) is 10.7. The third-order valence-electron chi connectivity index (χ3n) is 2.82. The molecule has 0 radical (unpaired) electrons. The maximum Gasteiger partial charge on any atom is 0.357 e.